The van der Waals surface area contributed by atoms with Crippen molar-refractivity contribution >= 4 is 17.6 Å². The third-order valence-electron chi connectivity index (χ3n) is 4.20. The Hall–Kier alpha value is -2.82. The number of nitrogens with one attached hydrogen (secondary N) is 3. The second-order valence-electron chi connectivity index (χ2n) is 6.57. The maximum atomic E-state index is 12.2. The predicted octanol–water partition coefficient (Wildman–Crippen LogP) is 3.52. The SMILES string of the molecule is Cc1cccc(CNC(=O)Nc2cc(C(=O)NC3CC3)ccc2C)c1. The van der Waals surface area contributed by atoms with E-state index in [0.29, 0.717) is 23.8 Å². The molecule has 1 aliphatic carbocycles. The summed E-state index contributed by atoms with van der Waals surface area (Å²) >= 11 is 0. The number of hydrogen-bond acceptors (Lipinski definition) is 2. The number of carbonyl (C=O) groups excluding carboxylic acids is 2. The third kappa shape index (κ3) is 4.83. The molecule has 1 fully saturated rings. The van der Waals surface area contributed by atoms with Crippen LogP contribution in [0.5, 0.6) is 0 Å². The minimum Gasteiger partial charge on any atom is -0.349 e. The van der Waals surface area contributed by atoms with E-state index in [0.717, 1.165) is 29.5 Å². The Morgan fingerprint density at radius 3 is 2.60 bits per heavy atom. The van der Waals surface area contributed by atoms with E-state index in [9.17, 15) is 9.59 Å². The van der Waals surface area contributed by atoms with Crippen molar-refractivity contribution in [3.63, 3.8) is 0 Å². The fraction of sp³-hybridized carbons (Fsp3) is 0.300. The summed E-state index contributed by atoms with van der Waals surface area (Å²) in [5.74, 6) is -0.0919. The molecule has 1 aliphatic rings. The number of hydrogen-bond donors (Lipinski definition) is 3. The molecule has 2 aromatic rings. The van der Waals surface area contributed by atoms with Crippen molar-refractivity contribution in [2.24, 2.45) is 0 Å². The van der Waals surface area contributed by atoms with Crippen molar-refractivity contribution < 1.29 is 9.59 Å². The largest absolute Gasteiger partial charge is 0.349 e. The van der Waals surface area contributed by atoms with Crippen LogP contribution in [0.15, 0.2) is 42.5 Å². The van der Waals surface area contributed by atoms with Crippen LogP contribution in [0.3, 0.4) is 0 Å². The Morgan fingerprint density at radius 1 is 1.08 bits per heavy atom. The molecule has 0 unspecified atom stereocenters. The lowest BCUT2D eigenvalue weighted by Crippen LogP contribution is -2.29. The van der Waals surface area contributed by atoms with Crippen molar-refractivity contribution in [1.82, 2.24) is 10.6 Å². The highest BCUT2D eigenvalue weighted by Gasteiger charge is 2.24. The van der Waals surface area contributed by atoms with Gasteiger partial charge in [0.15, 0.2) is 0 Å². The lowest BCUT2D eigenvalue weighted by molar-refractivity contribution is 0.0951. The van der Waals surface area contributed by atoms with Crippen molar-refractivity contribution in [1.29, 1.82) is 0 Å². The van der Waals surface area contributed by atoms with Crippen LogP contribution in [0.4, 0.5) is 10.5 Å². The molecular formula is C20H23N3O2. The average molecular weight is 337 g/mol. The number of aryl methyl sites for hydroxylation is 2. The van der Waals surface area contributed by atoms with E-state index in [1.54, 1.807) is 12.1 Å². The van der Waals surface area contributed by atoms with Crippen LogP contribution in [0.1, 0.15) is 39.9 Å². The maximum absolute atomic E-state index is 12.2. The quantitative estimate of drug-likeness (QED) is 0.781. The van der Waals surface area contributed by atoms with Crippen molar-refractivity contribution in [2.75, 3.05) is 5.32 Å². The summed E-state index contributed by atoms with van der Waals surface area (Å²) in [6, 6.07) is 13.4. The maximum Gasteiger partial charge on any atom is 0.319 e. The van der Waals surface area contributed by atoms with Gasteiger partial charge in [-0.1, -0.05) is 35.9 Å². The summed E-state index contributed by atoms with van der Waals surface area (Å²) in [6.45, 7) is 4.37. The Labute approximate surface area is 147 Å². The first-order chi connectivity index (χ1) is 12.0. The fourth-order valence-electron chi connectivity index (χ4n) is 2.57. The summed E-state index contributed by atoms with van der Waals surface area (Å²) in [4.78, 5) is 24.3. The second-order valence-corrected chi connectivity index (χ2v) is 6.57. The lowest BCUT2D eigenvalue weighted by atomic mass is 10.1. The molecule has 3 rings (SSSR count). The van der Waals surface area contributed by atoms with Gasteiger partial charge in [0.05, 0.1) is 0 Å². The molecular weight excluding hydrogens is 314 g/mol. The number of urea groups is 1. The normalized spacial score (nSPS) is 13.2. The average Bonchev–Trinajstić information content (AvgIpc) is 3.39. The zero-order valence-electron chi connectivity index (χ0n) is 14.6. The molecule has 0 aromatic heterocycles. The van der Waals surface area contributed by atoms with Gasteiger partial charge in [0.1, 0.15) is 0 Å². The van der Waals surface area contributed by atoms with Crippen LogP contribution in [0, 0.1) is 13.8 Å². The summed E-state index contributed by atoms with van der Waals surface area (Å²) in [6.07, 6.45) is 2.09. The molecule has 130 valence electrons. The van der Waals surface area contributed by atoms with Crippen molar-refractivity contribution in [3.8, 4) is 0 Å². The smallest absolute Gasteiger partial charge is 0.319 e. The van der Waals surface area contributed by atoms with E-state index in [4.69, 9.17) is 0 Å². The zero-order valence-corrected chi connectivity index (χ0v) is 14.6. The molecule has 1 saturated carbocycles. The van der Waals surface area contributed by atoms with Gasteiger partial charge >= 0.3 is 6.03 Å². The molecule has 0 spiro atoms. The lowest BCUT2D eigenvalue weighted by Gasteiger charge is -2.12. The minimum atomic E-state index is -0.288. The minimum absolute atomic E-state index is 0.0919. The van der Waals surface area contributed by atoms with Gasteiger partial charge < -0.3 is 16.0 Å². The van der Waals surface area contributed by atoms with Crippen LogP contribution in [0.2, 0.25) is 0 Å². The first kappa shape index (κ1) is 17.0. The summed E-state index contributed by atoms with van der Waals surface area (Å²) in [5, 5.41) is 8.63. The van der Waals surface area contributed by atoms with E-state index in [-0.39, 0.29) is 11.9 Å². The van der Waals surface area contributed by atoms with Crippen LogP contribution >= 0.6 is 0 Å². The summed E-state index contributed by atoms with van der Waals surface area (Å²) in [7, 11) is 0. The number of rotatable bonds is 5. The molecule has 0 aliphatic heterocycles. The first-order valence-electron chi connectivity index (χ1n) is 8.53. The third-order valence-corrected chi connectivity index (χ3v) is 4.20. The standard InChI is InChI=1S/C20H23N3O2/c1-13-4-3-5-15(10-13)12-21-20(25)23-18-11-16(7-6-14(18)2)19(24)22-17-8-9-17/h3-7,10-11,17H,8-9,12H2,1-2H3,(H,22,24)(H2,21,23,25). The Balaban J connectivity index is 1.60. The van der Waals surface area contributed by atoms with Crippen LogP contribution in [0.25, 0.3) is 0 Å². The summed E-state index contributed by atoms with van der Waals surface area (Å²) in [5.41, 5.74) is 4.32. The number of amides is 3. The second kappa shape index (κ2) is 7.38. The molecule has 0 saturated heterocycles. The number of anilines is 1. The van der Waals surface area contributed by atoms with E-state index < -0.39 is 0 Å². The predicted molar refractivity (Wildman–Crippen MR) is 98.7 cm³/mol. The van der Waals surface area contributed by atoms with E-state index in [2.05, 4.69) is 16.0 Å². The first-order valence-corrected chi connectivity index (χ1v) is 8.53. The Morgan fingerprint density at radius 2 is 1.88 bits per heavy atom. The molecule has 2 aromatic carbocycles. The van der Waals surface area contributed by atoms with Crippen LogP contribution < -0.4 is 16.0 Å². The van der Waals surface area contributed by atoms with Gasteiger partial charge in [0.25, 0.3) is 5.91 Å². The van der Waals surface area contributed by atoms with Gasteiger partial charge in [-0.2, -0.15) is 0 Å². The monoisotopic (exact) mass is 337 g/mol. The van der Waals surface area contributed by atoms with Gasteiger partial charge in [-0.3, -0.25) is 4.79 Å². The molecule has 0 bridgehead atoms. The molecule has 0 heterocycles. The highest BCUT2D eigenvalue weighted by Crippen LogP contribution is 2.21. The number of benzene rings is 2. The highest BCUT2D eigenvalue weighted by atomic mass is 16.2. The molecule has 5 heteroatoms. The Bertz CT molecular complexity index is 797. The van der Waals surface area contributed by atoms with Gasteiger partial charge in [0, 0.05) is 23.8 Å². The van der Waals surface area contributed by atoms with E-state index >= 15 is 0 Å². The zero-order chi connectivity index (χ0) is 17.8. The van der Waals surface area contributed by atoms with Crippen LogP contribution in [-0.2, 0) is 6.54 Å². The van der Waals surface area contributed by atoms with Gasteiger partial charge in [0.2, 0.25) is 0 Å². The highest BCUT2D eigenvalue weighted by molar-refractivity contribution is 5.97. The molecule has 0 atom stereocenters. The van der Waals surface area contributed by atoms with Gasteiger partial charge in [-0.25, -0.2) is 4.79 Å². The molecule has 3 N–H and O–H groups in total. The van der Waals surface area contributed by atoms with Gasteiger partial charge in [-0.05, 0) is 49.9 Å². The fourth-order valence-corrected chi connectivity index (χ4v) is 2.57. The van der Waals surface area contributed by atoms with Crippen molar-refractivity contribution in [2.45, 2.75) is 39.3 Å². The van der Waals surface area contributed by atoms with E-state index in [1.807, 2.05) is 44.2 Å². The summed E-state index contributed by atoms with van der Waals surface area (Å²) < 4.78 is 0. The van der Waals surface area contributed by atoms with Crippen LogP contribution in [-0.4, -0.2) is 18.0 Å². The van der Waals surface area contributed by atoms with Crippen molar-refractivity contribution in [3.05, 3.63) is 64.7 Å². The van der Waals surface area contributed by atoms with Gasteiger partial charge in [-0.15, -0.1) is 0 Å². The van der Waals surface area contributed by atoms with E-state index in [1.165, 1.54) is 0 Å². The molecule has 25 heavy (non-hydrogen) atoms. The molecule has 5 nitrogen and oxygen atoms in total. The topological polar surface area (TPSA) is 70.2 Å². The molecule has 0 radical (unpaired) electrons. The number of carbonyl (C=O) groups is 2. The molecule has 3 amide bonds. The Kier molecular flexibility index (Phi) is 5.03.